The lowest BCUT2D eigenvalue weighted by Crippen LogP contribution is -2.41. The maximum Gasteiger partial charge on any atom is 0.114 e. The summed E-state index contributed by atoms with van der Waals surface area (Å²) < 4.78 is 10.9. The van der Waals surface area contributed by atoms with Gasteiger partial charge in [-0.2, -0.15) is 0 Å². The topological polar surface area (TPSA) is 79.2 Å². The van der Waals surface area contributed by atoms with E-state index in [1.54, 1.807) is 0 Å². The van der Waals surface area contributed by atoms with Crippen LogP contribution >= 0.6 is 0 Å². The highest BCUT2D eigenvalue weighted by molar-refractivity contribution is 4.90. The van der Waals surface area contributed by atoms with Gasteiger partial charge in [-0.25, -0.2) is 0 Å². The first-order valence-electron chi connectivity index (χ1n) is 12.6. The molecule has 3 N–H and O–H groups in total. The third-order valence-electron chi connectivity index (χ3n) is 6.03. The summed E-state index contributed by atoms with van der Waals surface area (Å²) in [5.41, 5.74) is 0. The van der Waals surface area contributed by atoms with Gasteiger partial charge in [0.05, 0.1) is 19.8 Å². The fraction of sp³-hybridized carbons (Fsp3) is 0.920. The van der Waals surface area contributed by atoms with E-state index in [2.05, 4.69) is 13.0 Å². The Hall–Kier alpha value is -0.460. The molecule has 0 spiro atoms. The van der Waals surface area contributed by atoms with Crippen LogP contribution in [-0.2, 0) is 9.47 Å². The molecule has 0 aromatic heterocycles. The Labute approximate surface area is 184 Å². The first kappa shape index (κ1) is 27.6. The highest BCUT2D eigenvalue weighted by Crippen LogP contribution is 2.20. The standard InChI is InChI=1S/C25H48O5/c1-2-3-4-5-6-7-8-9-10-11-12-13-14-15-16-17-18-19-29-23-21-30-25(24(23)28)22(27)20-26/h17-18,22-28H,2-16,19-21H2,1H3/b18-17+/t22-,23+,24+,25+/m1/s1. The largest absolute Gasteiger partial charge is 0.394 e. The molecule has 5 nitrogen and oxygen atoms in total. The molecule has 0 saturated carbocycles. The molecule has 0 aromatic carbocycles. The molecule has 178 valence electrons. The van der Waals surface area contributed by atoms with Gasteiger partial charge in [0.1, 0.15) is 24.4 Å². The van der Waals surface area contributed by atoms with Crippen molar-refractivity contribution in [2.24, 2.45) is 0 Å². The summed E-state index contributed by atoms with van der Waals surface area (Å²) in [6.07, 6.45) is 21.3. The number of aliphatic hydroxyl groups is 3. The van der Waals surface area contributed by atoms with E-state index in [0.29, 0.717) is 6.61 Å². The van der Waals surface area contributed by atoms with Crippen LogP contribution in [0.4, 0.5) is 0 Å². The summed E-state index contributed by atoms with van der Waals surface area (Å²) >= 11 is 0. The summed E-state index contributed by atoms with van der Waals surface area (Å²) in [5.74, 6) is 0. The third kappa shape index (κ3) is 13.1. The number of hydrogen-bond acceptors (Lipinski definition) is 5. The van der Waals surface area contributed by atoms with Crippen LogP contribution in [0, 0.1) is 0 Å². The maximum atomic E-state index is 10.0. The molecule has 0 amide bonds. The summed E-state index contributed by atoms with van der Waals surface area (Å²) in [7, 11) is 0. The van der Waals surface area contributed by atoms with Crippen LogP contribution in [0.5, 0.6) is 0 Å². The number of allylic oxidation sites excluding steroid dienone is 1. The Morgan fingerprint density at radius 2 is 1.40 bits per heavy atom. The Balaban J connectivity index is 1.83. The van der Waals surface area contributed by atoms with E-state index in [1.165, 1.54) is 89.9 Å². The number of unbranched alkanes of at least 4 members (excludes halogenated alkanes) is 14. The minimum atomic E-state index is -1.07. The predicted octanol–water partition coefficient (Wildman–Crippen LogP) is 4.91. The van der Waals surface area contributed by atoms with Crippen molar-refractivity contribution in [1.82, 2.24) is 0 Å². The molecule has 1 aliphatic rings. The molecular formula is C25H48O5. The van der Waals surface area contributed by atoms with Crippen LogP contribution in [0.2, 0.25) is 0 Å². The molecule has 1 rings (SSSR count). The molecular weight excluding hydrogens is 380 g/mol. The molecule has 0 unspecified atom stereocenters. The molecule has 0 aliphatic carbocycles. The number of hydrogen-bond donors (Lipinski definition) is 3. The second kappa shape index (κ2) is 19.2. The van der Waals surface area contributed by atoms with Crippen molar-refractivity contribution < 1.29 is 24.8 Å². The van der Waals surface area contributed by atoms with Crippen molar-refractivity contribution in [3.63, 3.8) is 0 Å². The van der Waals surface area contributed by atoms with E-state index < -0.39 is 31.0 Å². The molecule has 1 aliphatic heterocycles. The molecule has 4 atom stereocenters. The minimum Gasteiger partial charge on any atom is -0.394 e. The van der Waals surface area contributed by atoms with E-state index in [0.717, 1.165) is 6.42 Å². The molecule has 1 heterocycles. The van der Waals surface area contributed by atoms with Crippen molar-refractivity contribution >= 4 is 0 Å². The zero-order chi connectivity index (χ0) is 21.9. The van der Waals surface area contributed by atoms with Gasteiger partial charge in [-0.3, -0.25) is 0 Å². The lowest BCUT2D eigenvalue weighted by molar-refractivity contribution is -0.0716. The van der Waals surface area contributed by atoms with Gasteiger partial charge in [0.25, 0.3) is 0 Å². The monoisotopic (exact) mass is 428 g/mol. The molecule has 0 bridgehead atoms. The van der Waals surface area contributed by atoms with E-state index in [9.17, 15) is 10.2 Å². The second-order valence-electron chi connectivity index (χ2n) is 8.77. The molecule has 1 fully saturated rings. The first-order valence-corrected chi connectivity index (χ1v) is 12.6. The predicted molar refractivity (Wildman–Crippen MR) is 123 cm³/mol. The fourth-order valence-corrected chi connectivity index (χ4v) is 4.03. The Morgan fingerprint density at radius 1 is 0.867 bits per heavy atom. The summed E-state index contributed by atoms with van der Waals surface area (Å²) in [5, 5.41) is 28.6. The minimum absolute atomic E-state index is 0.246. The highest BCUT2D eigenvalue weighted by Gasteiger charge is 2.40. The average Bonchev–Trinajstić information content (AvgIpc) is 3.12. The van der Waals surface area contributed by atoms with Gasteiger partial charge in [-0.05, 0) is 12.8 Å². The molecule has 0 radical (unpaired) electrons. The van der Waals surface area contributed by atoms with Crippen LogP contribution in [0.15, 0.2) is 12.2 Å². The SMILES string of the molecule is CCCCCCCCCCCCCCCC/C=C/CO[C@H]1CO[C@@H]([C@H](O)CO)[C@H]1O. The summed E-state index contributed by atoms with van der Waals surface area (Å²) in [6.45, 7) is 2.53. The lowest BCUT2D eigenvalue weighted by atomic mass is 10.0. The van der Waals surface area contributed by atoms with Crippen LogP contribution in [0.25, 0.3) is 0 Å². The molecule has 1 saturated heterocycles. The van der Waals surface area contributed by atoms with E-state index >= 15 is 0 Å². The number of ether oxygens (including phenoxy) is 2. The summed E-state index contributed by atoms with van der Waals surface area (Å²) in [4.78, 5) is 0. The van der Waals surface area contributed by atoms with E-state index in [-0.39, 0.29) is 6.61 Å². The van der Waals surface area contributed by atoms with Crippen molar-refractivity contribution in [3.05, 3.63) is 12.2 Å². The molecule has 0 aromatic rings. The highest BCUT2D eigenvalue weighted by atomic mass is 16.6. The fourth-order valence-electron chi connectivity index (χ4n) is 4.03. The quantitative estimate of drug-likeness (QED) is 0.190. The molecule has 5 heteroatoms. The maximum absolute atomic E-state index is 10.0. The van der Waals surface area contributed by atoms with Gasteiger partial charge < -0.3 is 24.8 Å². The summed E-state index contributed by atoms with van der Waals surface area (Å²) in [6, 6.07) is 0. The van der Waals surface area contributed by atoms with Gasteiger partial charge in [0.2, 0.25) is 0 Å². The van der Waals surface area contributed by atoms with E-state index in [1.807, 2.05) is 6.08 Å². The number of rotatable bonds is 20. The zero-order valence-electron chi connectivity index (χ0n) is 19.4. The van der Waals surface area contributed by atoms with Crippen LogP contribution < -0.4 is 0 Å². The Bertz CT molecular complexity index is 401. The van der Waals surface area contributed by atoms with Crippen LogP contribution in [0.3, 0.4) is 0 Å². The average molecular weight is 429 g/mol. The van der Waals surface area contributed by atoms with Crippen molar-refractivity contribution in [3.8, 4) is 0 Å². The van der Waals surface area contributed by atoms with Crippen molar-refractivity contribution in [1.29, 1.82) is 0 Å². The van der Waals surface area contributed by atoms with Crippen molar-refractivity contribution in [2.75, 3.05) is 19.8 Å². The van der Waals surface area contributed by atoms with Gasteiger partial charge in [-0.15, -0.1) is 0 Å². The van der Waals surface area contributed by atoms with Gasteiger partial charge in [-0.1, -0.05) is 103 Å². The number of aliphatic hydroxyl groups excluding tert-OH is 3. The smallest absolute Gasteiger partial charge is 0.114 e. The van der Waals surface area contributed by atoms with Crippen LogP contribution in [0.1, 0.15) is 103 Å². The molecule has 30 heavy (non-hydrogen) atoms. The Morgan fingerprint density at radius 3 is 1.93 bits per heavy atom. The normalized spacial score (nSPS) is 22.9. The van der Waals surface area contributed by atoms with Crippen LogP contribution in [-0.4, -0.2) is 59.6 Å². The zero-order valence-corrected chi connectivity index (χ0v) is 19.4. The second-order valence-corrected chi connectivity index (χ2v) is 8.77. The third-order valence-corrected chi connectivity index (χ3v) is 6.03. The van der Waals surface area contributed by atoms with Gasteiger partial charge >= 0.3 is 0 Å². The van der Waals surface area contributed by atoms with Gasteiger partial charge in [0.15, 0.2) is 0 Å². The first-order chi connectivity index (χ1) is 14.7. The van der Waals surface area contributed by atoms with Crippen molar-refractivity contribution in [2.45, 2.75) is 128 Å². The van der Waals surface area contributed by atoms with Gasteiger partial charge in [0, 0.05) is 0 Å². The Kier molecular flexibility index (Phi) is 17.7. The van der Waals surface area contributed by atoms with E-state index in [4.69, 9.17) is 14.6 Å². The lowest BCUT2D eigenvalue weighted by Gasteiger charge is -2.20.